The molecule has 0 aliphatic carbocycles. The van der Waals surface area contributed by atoms with Crippen molar-refractivity contribution in [1.82, 2.24) is 9.88 Å². The van der Waals surface area contributed by atoms with Gasteiger partial charge in [-0.3, -0.25) is 9.88 Å². The van der Waals surface area contributed by atoms with Crippen molar-refractivity contribution >= 4 is 21.6 Å². The van der Waals surface area contributed by atoms with Crippen LogP contribution < -0.4 is 10.6 Å². The molecule has 1 saturated heterocycles. The van der Waals surface area contributed by atoms with E-state index in [1.807, 2.05) is 12.4 Å². The first-order chi connectivity index (χ1) is 8.81. The Morgan fingerprint density at radius 3 is 2.67 bits per heavy atom. The zero-order valence-corrected chi connectivity index (χ0v) is 12.3. The highest BCUT2D eigenvalue weighted by Crippen LogP contribution is 2.25. The Bertz CT molecular complexity index is 364. The topological polar surface area (TPSA) is 45.4 Å². The van der Waals surface area contributed by atoms with Crippen molar-refractivity contribution in [3.8, 4) is 0 Å². The summed E-state index contributed by atoms with van der Waals surface area (Å²) in [6.45, 7) is 6.45. The maximum atomic E-state index is 5.52. The van der Waals surface area contributed by atoms with Crippen LogP contribution in [-0.4, -0.2) is 49.2 Å². The van der Waals surface area contributed by atoms with Crippen molar-refractivity contribution in [2.45, 2.75) is 12.8 Å². The van der Waals surface area contributed by atoms with Crippen LogP contribution in [0, 0.1) is 0 Å². The fraction of sp³-hybridized carbons (Fsp3) is 0.615. The van der Waals surface area contributed by atoms with E-state index in [9.17, 15) is 0 Å². The van der Waals surface area contributed by atoms with E-state index in [0.29, 0.717) is 0 Å². The molecule has 5 heteroatoms. The normalized spacial score (nSPS) is 17.1. The number of hydrogen-bond donors (Lipinski definition) is 1. The van der Waals surface area contributed by atoms with Gasteiger partial charge in [-0.2, -0.15) is 0 Å². The lowest BCUT2D eigenvalue weighted by atomic mass is 10.2. The molecule has 0 atom stereocenters. The highest BCUT2D eigenvalue weighted by molar-refractivity contribution is 9.10. The van der Waals surface area contributed by atoms with E-state index >= 15 is 0 Å². The second kappa shape index (κ2) is 7.07. The van der Waals surface area contributed by atoms with Gasteiger partial charge in [-0.15, -0.1) is 0 Å². The summed E-state index contributed by atoms with van der Waals surface area (Å²) >= 11 is 3.57. The quantitative estimate of drug-likeness (QED) is 0.841. The number of hydrogen-bond acceptors (Lipinski definition) is 4. The van der Waals surface area contributed by atoms with Crippen molar-refractivity contribution in [1.29, 1.82) is 0 Å². The van der Waals surface area contributed by atoms with Crippen LogP contribution in [0.15, 0.2) is 22.9 Å². The highest BCUT2D eigenvalue weighted by atomic mass is 79.9. The first-order valence-electron chi connectivity index (χ1n) is 6.58. The van der Waals surface area contributed by atoms with E-state index in [2.05, 4.69) is 36.8 Å². The van der Waals surface area contributed by atoms with Crippen molar-refractivity contribution in [3.63, 3.8) is 0 Å². The zero-order valence-electron chi connectivity index (χ0n) is 10.7. The van der Waals surface area contributed by atoms with Crippen molar-refractivity contribution in [3.05, 3.63) is 22.9 Å². The molecule has 1 fully saturated rings. The molecule has 1 aromatic heterocycles. The van der Waals surface area contributed by atoms with Gasteiger partial charge in [0, 0.05) is 38.6 Å². The molecule has 4 nitrogen and oxygen atoms in total. The molecule has 0 aromatic carbocycles. The van der Waals surface area contributed by atoms with Crippen LogP contribution in [0.5, 0.6) is 0 Å². The fourth-order valence-corrected chi connectivity index (χ4v) is 2.82. The summed E-state index contributed by atoms with van der Waals surface area (Å²) in [6.07, 6.45) is 6.07. The van der Waals surface area contributed by atoms with Gasteiger partial charge in [0.2, 0.25) is 0 Å². The Hall–Kier alpha value is -0.650. The third kappa shape index (κ3) is 3.67. The Balaban J connectivity index is 1.81. The number of rotatable bonds is 5. The van der Waals surface area contributed by atoms with Gasteiger partial charge in [-0.1, -0.05) is 0 Å². The second-order valence-corrected chi connectivity index (χ2v) is 5.51. The molecular weight excluding hydrogens is 292 g/mol. The molecule has 1 aliphatic heterocycles. The monoisotopic (exact) mass is 312 g/mol. The Morgan fingerprint density at radius 2 is 2.00 bits per heavy atom. The average Bonchev–Trinajstić information content (AvgIpc) is 2.41. The molecule has 1 aliphatic rings. The number of anilines is 1. The highest BCUT2D eigenvalue weighted by Gasteiger charge is 2.18. The third-order valence-electron chi connectivity index (χ3n) is 3.39. The third-order valence-corrected chi connectivity index (χ3v) is 4.00. The van der Waals surface area contributed by atoms with Crippen LogP contribution in [0.25, 0.3) is 0 Å². The standard InChI is InChI=1S/C13H21BrN4/c14-12-11-16-5-3-13(12)18-9-7-17(8-10-18)6-2-1-4-15/h3,5,11H,1-2,4,6-10,15H2. The molecule has 0 saturated carbocycles. The zero-order chi connectivity index (χ0) is 12.8. The van der Waals surface area contributed by atoms with Crippen LogP contribution in [0.4, 0.5) is 5.69 Å². The van der Waals surface area contributed by atoms with Crippen molar-refractivity contribution < 1.29 is 0 Å². The number of unbranched alkanes of at least 4 members (excludes halogenated alkanes) is 1. The number of aromatic nitrogens is 1. The summed E-state index contributed by atoms with van der Waals surface area (Å²) in [4.78, 5) is 9.06. The maximum Gasteiger partial charge on any atom is 0.0592 e. The first kappa shape index (κ1) is 13.8. The molecule has 0 radical (unpaired) electrons. The maximum absolute atomic E-state index is 5.52. The molecule has 2 rings (SSSR count). The van der Waals surface area contributed by atoms with E-state index in [0.717, 1.165) is 43.6 Å². The van der Waals surface area contributed by atoms with Gasteiger partial charge in [0.15, 0.2) is 0 Å². The molecule has 2 heterocycles. The average molecular weight is 313 g/mol. The SMILES string of the molecule is NCCCCN1CCN(c2ccncc2Br)CC1. The molecule has 0 unspecified atom stereocenters. The van der Waals surface area contributed by atoms with Gasteiger partial charge in [0.05, 0.1) is 10.2 Å². The van der Waals surface area contributed by atoms with Gasteiger partial charge in [0.25, 0.3) is 0 Å². The van der Waals surface area contributed by atoms with Crippen LogP contribution in [0.1, 0.15) is 12.8 Å². The van der Waals surface area contributed by atoms with E-state index < -0.39 is 0 Å². The van der Waals surface area contributed by atoms with Gasteiger partial charge < -0.3 is 10.6 Å². The van der Waals surface area contributed by atoms with E-state index in [4.69, 9.17) is 5.73 Å². The van der Waals surface area contributed by atoms with E-state index in [1.54, 1.807) is 0 Å². The predicted octanol–water partition coefficient (Wildman–Crippen LogP) is 1.71. The lowest BCUT2D eigenvalue weighted by molar-refractivity contribution is 0.253. The summed E-state index contributed by atoms with van der Waals surface area (Å²) in [7, 11) is 0. The van der Waals surface area contributed by atoms with Gasteiger partial charge in [-0.25, -0.2) is 0 Å². The summed E-state index contributed by atoms with van der Waals surface area (Å²) < 4.78 is 1.08. The van der Waals surface area contributed by atoms with Crippen molar-refractivity contribution in [2.24, 2.45) is 5.73 Å². The van der Waals surface area contributed by atoms with E-state index in [-0.39, 0.29) is 0 Å². The minimum Gasteiger partial charge on any atom is -0.368 e. The lowest BCUT2D eigenvalue weighted by Gasteiger charge is -2.36. The van der Waals surface area contributed by atoms with Crippen LogP contribution in [0.3, 0.4) is 0 Å². The Kier molecular flexibility index (Phi) is 5.41. The minimum absolute atomic E-state index is 0.809. The Labute approximate surface area is 117 Å². The molecular formula is C13H21BrN4. The van der Waals surface area contributed by atoms with Crippen LogP contribution >= 0.6 is 15.9 Å². The predicted molar refractivity (Wildman–Crippen MR) is 78.9 cm³/mol. The first-order valence-corrected chi connectivity index (χ1v) is 7.37. The molecule has 1 aromatic rings. The fourth-order valence-electron chi connectivity index (χ4n) is 2.32. The van der Waals surface area contributed by atoms with Crippen LogP contribution in [-0.2, 0) is 0 Å². The molecule has 0 bridgehead atoms. The van der Waals surface area contributed by atoms with E-state index in [1.165, 1.54) is 18.7 Å². The minimum atomic E-state index is 0.809. The number of halogens is 1. The van der Waals surface area contributed by atoms with Crippen molar-refractivity contribution in [2.75, 3.05) is 44.2 Å². The van der Waals surface area contributed by atoms with Crippen LogP contribution in [0.2, 0.25) is 0 Å². The summed E-state index contributed by atoms with van der Waals surface area (Å²) in [5, 5.41) is 0. The molecule has 100 valence electrons. The van der Waals surface area contributed by atoms with Gasteiger partial charge in [-0.05, 0) is 47.9 Å². The summed E-state index contributed by atoms with van der Waals surface area (Å²) in [5.41, 5.74) is 6.78. The number of nitrogens with zero attached hydrogens (tertiary/aromatic N) is 3. The number of nitrogens with two attached hydrogens (primary N) is 1. The smallest absolute Gasteiger partial charge is 0.0592 e. The number of piperazine rings is 1. The summed E-state index contributed by atoms with van der Waals surface area (Å²) in [5.74, 6) is 0. The van der Waals surface area contributed by atoms with Gasteiger partial charge in [0.1, 0.15) is 0 Å². The number of pyridine rings is 1. The Morgan fingerprint density at radius 1 is 1.22 bits per heavy atom. The second-order valence-electron chi connectivity index (χ2n) is 4.65. The molecule has 0 amide bonds. The largest absolute Gasteiger partial charge is 0.368 e. The molecule has 2 N–H and O–H groups in total. The molecule has 0 spiro atoms. The summed E-state index contributed by atoms with van der Waals surface area (Å²) in [6, 6.07) is 2.08. The molecule has 18 heavy (non-hydrogen) atoms. The lowest BCUT2D eigenvalue weighted by Crippen LogP contribution is -2.46. The van der Waals surface area contributed by atoms with Gasteiger partial charge >= 0.3 is 0 Å².